The van der Waals surface area contributed by atoms with E-state index in [9.17, 15) is 0 Å². The third-order valence-electron chi connectivity index (χ3n) is 3.08. The van der Waals surface area contributed by atoms with Crippen molar-refractivity contribution in [2.24, 2.45) is 0 Å². The van der Waals surface area contributed by atoms with E-state index >= 15 is 0 Å². The summed E-state index contributed by atoms with van der Waals surface area (Å²) in [7, 11) is 0. The van der Waals surface area contributed by atoms with Gasteiger partial charge in [0.15, 0.2) is 10.9 Å². The van der Waals surface area contributed by atoms with Gasteiger partial charge in [0.05, 0.1) is 11.9 Å². The Hall–Kier alpha value is -1.79. The molecule has 0 fully saturated rings. The molecule has 0 unspecified atom stereocenters. The van der Waals surface area contributed by atoms with Crippen LogP contribution in [-0.4, -0.2) is 19.7 Å². The van der Waals surface area contributed by atoms with Crippen molar-refractivity contribution in [2.45, 2.75) is 30.8 Å². The second-order valence-electron chi connectivity index (χ2n) is 5.03. The largest absolute Gasteiger partial charge is 0.440 e. The summed E-state index contributed by atoms with van der Waals surface area (Å²) in [6.07, 6.45) is 3.45. The molecule has 0 saturated carbocycles. The monoisotopic (exact) mass is 334 g/mol. The maximum atomic E-state index is 5.99. The maximum Gasteiger partial charge on any atom is 0.205 e. The van der Waals surface area contributed by atoms with Crippen LogP contribution in [-0.2, 0) is 5.75 Å². The van der Waals surface area contributed by atoms with E-state index in [1.807, 2.05) is 28.8 Å². The van der Waals surface area contributed by atoms with Gasteiger partial charge in [0.25, 0.3) is 0 Å². The lowest BCUT2D eigenvalue weighted by Gasteiger charge is -2.08. The van der Waals surface area contributed by atoms with Crippen molar-refractivity contribution >= 4 is 23.4 Å². The number of halogens is 1. The Bertz CT molecular complexity index is 768. The number of nitrogens with zero attached hydrogens (tertiary/aromatic N) is 4. The van der Waals surface area contributed by atoms with Crippen LogP contribution in [0.3, 0.4) is 0 Å². The van der Waals surface area contributed by atoms with Gasteiger partial charge in [-0.3, -0.25) is 0 Å². The molecule has 0 atom stereocenters. The lowest BCUT2D eigenvalue weighted by Crippen LogP contribution is -2.00. The molecule has 0 aliphatic carbocycles. The summed E-state index contributed by atoms with van der Waals surface area (Å²) in [6, 6.07) is 7.84. The molecule has 0 bridgehead atoms. The van der Waals surface area contributed by atoms with Gasteiger partial charge < -0.3 is 8.98 Å². The van der Waals surface area contributed by atoms with Crippen LogP contribution < -0.4 is 0 Å². The molecule has 0 N–H and O–H groups in total. The van der Waals surface area contributed by atoms with E-state index < -0.39 is 0 Å². The Balaban J connectivity index is 1.71. The summed E-state index contributed by atoms with van der Waals surface area (Å²) >= 11 is 7.55. The molecule has 3 rings (SSSR count). The molecule has 1 aromatic carbocycles. The molecule has 0 radical (unpaired) electrons. The van der Waals surface area contributed by atoms with Crippen LogP contribution in [0.5, 0.6) is 0 Å². The molecule has 0 spiro atoms. The zero-order valence-electron chi connectivity index (χ0n) is 12.2. The smallest absolute Gasteiger partial charge is 0.205 e. The Morgan fingerprint density at radius 3 is 3.00 bits per heavy atom. The van der Waals surface area contributed by atoms with Gasteiger partial charge >= 0.3 is 0 Å². The molecule has 0 aliphatic heterocycles. The molecule has 3 aromatic rings. The van der Waals surface area contributed by atoms with Gasteiger partial charge in [0.2, 0.25) is 5.89 Å². The summed E-state index contributed by atoms with van der Waals surface area (Å²) in [4.78, 5) is 4.31. The lowest BCUT2D eigenvalue weighted by atomic mass is 10.2. The molecular weight excluding hydrogens is 320 g/mol. The maximum absolute atomic E-state index is 5.99. The van der Waals surface area contributed by atoms with Gasteiger partial charge in [-0.2, -0.15) is 0 Å². The second-order valence-corrected chi connectivity index (χ2v) is 6.41. The fourth-order valence-corrected chi connectivity index (χ4v) is 3.06. The second kappa shape index (κ2) is 6.54. The minimum Gasteiger partial charge on any atom is -0.440 e. The van der Waals surface area contributed by atoms with Gasteiger partial charge in [-0.05, 0) is 26.0 Å². The molecule has 7 heteroatoms. The summed E-state index contributed by atoms with van der Waals surface area (Å²) in [6.45, 7) is 4.19. The van der Waals surface area contributed by atoms with E-state index in [1.165, 1.54) is 0 Å². The zero-order valence-corrected chi connectivity index (χ0v) is 13.8. The third-order valence-corrected chi connectivity index (χ3v) is 4.26. The van der Waals surface area contributed by atoms with Crippen molar-refractivity contribution in [3.63, 3.8) is 0 Å². The van der Waals surface area contributed by atoms with E-state index in [-0.39, 0.29) is 0 Å². The first-order valence-electron chi connectivity index (χ1n) is 6.86. The Morgan fingerprint density at radius 2 is 2.23 bits per heavy atom. The van der Waals surface area contributed by atoms with E-state index in [2.05, 4.69) is 29.0 Å². The fraction of sp³-hybridized carbons (Fsp3) is 0.267. The van der Waals surface area contributed by atoms with Crippen LogP contribution in [0.25, 0.3) is 11.3 Å². The van der Waals surface area contributed by atoms with Crippen molar-refractivity contribution in [3.8, 4) is 11.3 Å². The molecule has 0 aliphatic rings. The average molecular weight is 335 g/mol. The predicted octanol–water partition coefficient (Wildman–Crippen LogP) is 4.46. The minimum absolute atomic E-state index is 0.323. The highest BCUT2D eigenvalue weighted by atomic mass is 35.5. The molecule has 0 saturated heterocycles. The highest BCUT2D eigenvalue weighted by Crippen LogP contribution is 2.27. The Labute approximate surface area is 137 Å². The van der Waals surface area contributed by atoms with Crippen LogP contribution in [0.1, 0.15) is 25.8 Å². The Kier molecular flexibility index (Phi) is 4.49. The lowest BCUT2D eigenvalue weighted by molar-refractivity contribution is 0.527. The van der Waals surface area contributed by atoms with Crippen molar-refractivity contribution in [3.05, 3.63) is 47.7 Å². The number of oxazole rings is 1. The van der Waals surface area contributed by atoms with Gasteiger partial charge in [-0.15, -0.1) is 10.2 Å². The number of hydrogen-bond acceptors (Lipinski definition) is 5. The van der Waals surface area contributed by atoms with Crippen LogP contribution in [0.2, 0.25) is 5.02 Å². The standard InChI is InChI=1S/C15H15ClN4OS/c1-10(2)20-9-18-19-15(20)22-8-14-17-7-13(21-14)11-4-3-5-12(16)6-11/h3-7,9-10H,8H2,1-2H3. The number of thioether (sulfide) groups is 1. The van der Waals surface area contributed by atoms with Gasteiger partial charge in [0.1, 0.15) is 6.33 Å². The SMILES string of the molecule is CC(C)n1cnnc1SCc1ncc(-c2cccc(Cl)c2)o1. The van der Waals surface area contributed by atoms with Crippen LogP contribution in [0, 0.1) is 0 Å². The molecular formula is C15H15ClN4OS. The normalized spacial score (nSPS) is 11.3. The summed E-state index contributed by atoms with van der Waals surface area (Å²) in [5.41, 5.74) is 0.918. The average Bonchev–Trinajstić information content (AvgIpc) is 3.14. The quantitative estimate of drug-likeness (QED) is 0.645. The number of hydrogen-bond donors (Lipinski definition) is 0. The van der Waals surface area contributed by atoms with Gasteiger partial charge in [-0.1, -0.05) is 35.5 Å². The Morgan fingerprint density at radius 1 is 1.36 bits per heavy atom. The van der Waals surface area contributed by atoms with E-state index in [1.54, 1.807) is 24.3 Å². The van der Waals surface area contributed by atoms with Gasteiger partial charge in [-0.25, -0.2) is 4.98 Å². The summed E-state index contributed by atoms with van der Waals surface area (Å²) in [5.74, 6) is 1.97. The number of benzene rings is 1. The first-order valence-corrected chi connectivity index (χ1v) is 8.23. The van der Waals surface area contributed by atoms with Crippen LogP contribution in [0.15, 0.2) is 46.4 Å². The highest BCUT2D eigenvalue weighted by molar-refractivity contribution is 7.98. The number of aromatic nitrogens is 4. The number of rotatable bonds is 5. The first-order chi connectivity index (χ1) is 10.6. The predicted molar refractivity (Wildman–Crippen MR) is 86.9 cm³/mol. The molecule has 22 heavy (non-hydrogen) atoms. The third kappa shape index (κ3) is 3.34. The summed E-state index contributed by atoms with van der Waals surface area (Å²) in [5, 5.41) is 9.60. The highest BCUT2D eigenvalue weighted by Gasteiger charge is 2.11. The zero-order chi connectivity index (χ0) is 15.5. The van der Waals surface area contributed by atoms with Crippen molar-refractivity contribution < 1.29 is 4.42 Å². The van der Waals surface area contributed by atoms with Crippen LogP contribution >= 0.6 is 23.4 Å². The van der Waals surface area contributed by atoms with E-state index in [0.29, 0.717) is 28.5 Å². The van der Waals surface area contributed by atoms with Gasteiger partial charge in [0, 0.05) is 16.6 Å². The molecule has 5 nitrogen and oxygen atoms in total. The van der Waals surface area contributed by atoms with Crippen molar-refractivity contribution in [2.75, 3.05) is 0 Å². The molecule has 114 valence electrons. The van der Waals surface area contributed by atoms with Crippen molar-refractivity contribution in [1.29, 1.82) is 0 Å². The fourth-order valence-electron chi connectivity index (χ4n) is 1.97. The first kappa shape index (κ1) is 15.1. The minimum atomic E-state index is 0.323. The summed E-state index contributed by atoms with van der Waals surface area (Å²) < 4.78 is 7.79. The molecule has 0 amide bonds. The molecule has 2 aromatic heterocycles. The van der Waals surface area contributed by atoms with Crippen LogP contribution in [0.4, 0.5) is 0 Å². The topological polar surface area (TPSA) is 56.7 Å². The van der Waals surface area contributed by atoms with E-state index in [0.717, 1.165) is 10.7 Å². The molecule has 2 heterocycles. The van der Waals surface area contributed by atoms with E-state index in [4.69, 9.17) is 16.0 Å². The van der Waals surface area contributed by atoms with Crippen molar-refractivity contribution in [1.82, 2.24) is 19.7 Å².